The van der Waals surface area contributed by atoms with Crippen molar-refractivity contribution in [2.75, 3.05) is 23.7 Å². The highest BCUT2D eigenvalue weighted by molar-refractivity contribution is 7.86. The zero-order valence-electron chi connectivity index (χ0n) is 34.8. The number of carbonyl (C=O) groups is 1. The summed E-state index contributed by atoms with van der Waals surface area (Å²) in [4.78, 5) is 15.3. The van der Waals surface area contributed by atoms with Crippen molar-refractivity contribution in [1.29, 1.82) is 0 Å². The van der Waals surface area contributed by atoms with Crippen LogP contribution in [0.5, 0.6) is 0 Å². The van der Waals surface area contributed by atoms with E-state index in [1.807, 2.05) is 18.2 Å². The summed E-state index contributed by atoms with van der Waals surface area (Å²) in [6, 6.07) is 11.2. The number of hydrogen-bond donors (Lipinski definition) is 3. The second-order valence-corrected chi connectivity index (χ2v) is 22.0. The molecular weight excluding hydrogens is 771 g/mol. The zero-order chi connectivity index (χ0) is 41.7. The van der Waals surface area contributed by atoms with E-state index in [-0.39, 0.29) is 27.5 Å². The normalized spacial score (nSPS) is 26.4. The molecule has 4 fully saturated rings. The summed E-state index contributed by atoms with van der Waals surface area (Å²) in [5.74, 6) is 2.29. The number of fused-ring (bicyclic) bond motifs is 2. The third-order valence-electron chi connectivity index (χ3n) is 13.7. The van der Waals surface area contributed by atoms with Crippen molar-refractivity contribution in [3.63, 3.8) is 0 Å². The number of anilines is 1. The van der Waals surface area contributed by atoms with Crippen LogP contribution in [0.25, 0.3) is 0 Å². The lowest BCUT2D eigenvalue weighted by molar-refractivity contribution is -0.438. The van der Waals surface area contributed by atoms with Crippen molar-refractivity contribution in [1.82, 2.24) is 5.32 Å². The van der Waals surface area contributed by atoms with Gasteiger partial charge in [0.15, 0.2) is 5.71 Å². The molecule has 3 N–H and O–H groups in total. The quantitative estimate of drug-likeness (QED) is 0.0660. The first-order valence-corrected chi connectivity index (χ1v) is 24.3. The molecule has 6 aliphatic rings. The highest BCUT2D eigenvalue weighted by Gasteiger charge is 2.51. The van der Waals surface area contributed by atoms with E-state index >= 15 is 0 Å². The van der Waals surface area contributed by atoms with Crippen LogP contribution in [0.3, 0.4) is 0 Å². The standard InChI is InChI=1S/C46H61N3O7S2/c1-32-17-19-39-37(24-32)44(2,3)41(49(39)22-12-13-23-57(51,52)53)14-8-6-9-15-42-45(4,5)38-28-36(58(54,55)56)18-20-40(38)48(42)21-11-7-10-16-43(50)47-46-29-33-25-34(30-46)27-35(26-33)31-46/h6,8-9,14-15,17-20,24,28,33-35H,7,10-13,16,21-23,25-27,29-31H2,1-5H3,(H2-,47,50,51,52,53,54,55,56)/p+1. The molecule has 8 rings (SSSR count). The van der Waals surface area contributed by atoms with Gasteiger partial charge in [-0.2, -0.15) is 21.4 Å². The predicted molar refractivity (Wildman–Crippen MR) is 230 cm³/mol. The van der Waals surface area contributed by atoms with Crippen LogP contribution < -0.4 is 10.2 Å². The highest BCUT2D eigenvalue weighted by atomic mass is 32.2. The molecule has 0 spiro atoms. The summed E-state index contributed by atoms with van der Waals surface area (Å²) < 4.78 is 68.5. The smallest absolute Gasteiger partial charge is 0.294 e. The summed E-state index contributed by atoms with van der Waals surface area (Å²) >= 11 is 0. The minimum atomic E-state index is -4.39. The topological polar surface area (TPSA) is 144 Å². The minimum absolute atomic E-state index is 0.0312. The molecular formula is C46H62N3O7S2+. The molecule has 4 aliphatic carbocycles. The molecule has 1 amide bonds. The van der Waals surface area contributed by atoms with Gasteiger partial charge in [0.2, 0.25) is 11.6 Å². The van der Waals surface area contributed by atoms with Crippen LogP contribution in [0.15, 0.2) is 77.4 Å². The Balaban J connectivity index is 1.05. The largest absolute Gasteiger partial charge is 0.351 e. The molecule has 58 heavy (non-hydrogen) atoms. The molecule has 0 unspecified atom stereocenters. The third-order valence-corrected chi connectivity index (χ3v) is 15.4. The van der Waals surface area contributed by atoms with E-state index in [1.54, 1.807) is 12.1 Å². The van der Waals surface area contributed by atoms with E-state index in [2.05, 4.69) is 79.8 Å². The Labute approximate surface area is 346 Å². The number of unbranched alkanes of at least 4 members (excludes halogenated alkanes) is 3. The van der Waals surface area contributed by atoms with E-state index in [1.165, 1.54) is 36.5 Å². The van der Waals surface area contributed by atoms with Crippen LogP contribution in [0.2, 0.25) is 0 Å². The van der Waals surface area contributed by atoms with Crippen LogP contribution in [-0.4, -0.2) is 66.5 Å². The number of carbonyl (C=O) groups excluding carboxylic acids is 1. The Kier molecular flexibility index (Phi) is 11.8. The van der Waals surface area contributed by atoms with Crippen molar-refractivity contribution in [2.24, 2.45) is 17.8 Å². The second kappa shape index (κ2) is 16.1. The van der Waals surface area contributed by atoms with Crippen molar-refractivity contribution < 1.29 is 35.3 Å². The molecule has 314 valence electrons. The fraction of sp³-hybridized carbons (Fsp3) is 0.565. The van der Waals surface area contributed by atoms with Gasteiger partial charge >= 0.3 is 0 Å². The van der Waals surface area contributed by atoms with Gasteiger partial charge in [0.05, 0.1) is 16.1 Å². The second-order valence-electron chi connectivity index (χ2n) is 19.0. The van der Waals surface area contributed by atoms with Crippen molar-refractivity contribution in [3.8, 4) is 0 Å². The molecule has 0 saturated heterocycles. The van der Waals surface area contributed by atoms with Gasteiger partial charge < -0.3 is 10.2 Å². The molecule has 2 aromatic carbocycles. The molecule has 2 aromatic rings. The van der Waals surface area contributed by atoms with Crippen LogP contribution in [-0.2, 0) is 35.9 Å². The van der Waals surface area contributed by atoms with Crippen LogP contribution in [0, 0.1) is 24.7 Å². The summed E-state index contributed by atoms with van der Waals surface area (Å²) in [7, 11) is -8.40. The number of amides is 1. The van der Waals surface area contributed by atoms with E-state index in [4.69, 9.17) is 0 Å². The first-order chi connectivity index (χ1) is 27.3. The molecule has 0 radical (unpaired) electrons. The monoisotopic (exact) mass is 832 g/mol. The number of rotatable bonds is 16. The number of aryl methyl sites for hydroxylation is 1. The molecule has 12 heteroatoms. The van der Waals surface area contributed by atoms with E-state index in [9.17, 15) is 30.7 Å². The summed E-state index contributed by atoms with van der Waals surface area (Å²) in [6.07, 6.45) is 21.7. The van der Waals surface area contributed by atoms with Gasteiger partial charge in [-0.25, -0.2) is 0 Å². The Hall–Kier alpha value is -3.58. The van der Waals surface area contributed by atoms with Crippen LogP contribution in [0.4, 0.5) is 11.4 Å². The van der Waals surface area contributed by atoms with Crippen molar-refractivity contribution >= 4 is 43.2 Å². The Morgan fingerprint density at radius 2 is 1.52 bits per heavy atom. The number of hydrogen-bond acceptors (Lipinski definition) is 6. The number of allylic oxidation sites excluding steroid dienone is 6. The number of nitrogens with one attached hydrogen (secondary N) is 1. The summed E-state index contributed by atoms with van der Waals surface area (Å²) in [5, 5.41) is 3.51. The van der Waals surface area contributed by atoms with Crippen LogP contribution in [0.1, 0.15) is 121 Å². The van der Waals surface area contributed by atoms with Gasteiger partial charge in [0.25, 0.3) is 20.2 Å². The van der Waals surface area contributed by atoms with Gasteiger partial charge in [-0.15, -0.1) is 0 Å². The van der Waals surface area contributed by atoms with E-state index in [0.717, 1.165) is 84.6 Å². The maximum Gasteiger partial charge on any atom is 0.294 e. The Morgan fingerprint density at radius 3 is 2.17 bits per heavy atom. The predicted octanol–water partition coefficient (Wildman–Crippen LogP) is 8.73. The molecule has 0 atom stereocenters. The Bertz CT molecular complexity index is 2250. The average Bonchev–Trinajstić information content (AvgIpc) is 3.45. The third kappa shape index (κ3) is 8.95. The van der Waals surface area contributed by atoms with Gasteiger partial charge in [-0.1, -0.05) is 49.8 Å². The molecule has 10 nitrogen and oxygen atoms in total. The number of benzene rings is 2. The fourth-order valence-electron chi connectivity index (χ4n) is 11.4. The van der Waals surface area contributed by atoms with Crippen LogP contribution >= 0.6 is 0 Å². The number of nitrogens with zero attached hydrogens (tertiary/aromatic N) is 2. The molecule has 4 saturated carbocycles. The van der Waals surface area contributed by atoms with Gasteiger partial charge in [-0.3, -0.25) is 13.9 Å². The molecule has 2 heterocycles. The molecule has 4 bridgehead atoms. The SMILES string of the molecule is Cc1ccc2c(c1)C(C)(C)C(=CC=CC=CC1=[N+](CCCCCC(=O)NC34CC5CC(CC(C5)C3)C4)c3ccc(S(=O)(=O)O)cc3C1(C)C)N2CCCCS(=O)(=O)O. The maximum absolute atomic E-state index is 13.2. The van der Waals surface area contributed by atoms with Gasteiger partial charge in [0, 0.05) is 59.4 Å². The van der Waals surface area contributed by atoms with Gasteiger partial charge in [-0.05, 0) is 133 Å². The van der Waals surface area contributed by atoms with Gasteiger partial charge in [0.1, 0.15) is 6.54 Å². The lowest BCUT2D eigenvalue weighted by Crippen LogP contribution is -2.59. The fourth-order valence-corrected chi connectivity index (χ4v) is 12.4. The summed E-state index contributed by atoms with van der Waals surface area (Å²) in [6.45, 7) is 11.9. The Morgan fingerprint density at radius 1 is 0.828 bits per heavy atom. The molecule has 2 aliphatic heterocycles. The molecule has 0 aromatic heterocycles. The summed E-state index contributed by atoms with van der Waals surface area (Å²) in [5.41, 5.74) is 6.50. The zero-order valence-corrected chi connectivity index (χ0v) is 36.5. The first kappa shape index (κ1) is 42.5. The van der Waals surface area contributed by atoms with E-state index in [0.29, 0.717) is 32.4 Å². The highest BCUT2D eigenvalue weighted by Crippen LogP contribution is 2.55. The van der Waals surface area contributed by atoms with E-state index < -0.39 is 25.7 Å². The lowest BCUT2D eigenvalue weighted by Gasteiger charge is -2.56. The minimum Gasteiger partial charge on any atom is -0.351 e. The first-order valence-electron chi connectivity index (χ1n) is 21.2. The average molecular weight is 833 g/mol. The van der Waals surface area contributed by atoms with Crippen molar-refractivity contribution in [3.05, 3.63) is 89.2 Å². The lowest BCUT2D eigenvalue weighted by atomic mass is 9.53. The van der Waals surface area contributed by atoms with Crippen molar-refractivity contribution in [2.45, 2.75) is 133 Å². The maximum atomic E-state index is 13.2.